The molecule has 0 aliphatic carbocycles. The van der Waals surface area contributed by atoms with Crippen LogP contribution in [0.2, 0.25) is 0 Å². The fourth-order valence-electron chi connectivity index (χ4n) is 2.27. The van der Waals surface area contributed by atoms with E-state index in [1.54, 1.807) is 13.1 Å². The maximum absolute atomic E-state index is 12.3. The molecular weight excluding hydrogens is 278 g/mol. The predicted octanol–water partition coefficient (Wildman–Crippen LogP) is 3.27. The third-order valence-electron chi connectivity index (χ3n) is 3.61. The molecule has 0 bridgehead atoms. The Bertz CT molecular complexity index is 768. The Morgan fingerprint density at radius 3 is 2.32 bits per heavy atom. The van der Waals surface area contributed by atoms with Crippen molar-refractivity contribution in [1.29, 1.82) is 0 Å². The van der Waals surface area contributed by atoms with Crippen LogP contribution in [0.1, 0.15) is 30.9 Å². The summed E-state index contributed by atoms with van der Waals surface area (Å²) in [6.07, 6.45) is 2.28. The molecule has 1 aromatic heterocycles. The Kier molecular flexibility index (Phi) is 4.61. The maximum Gasteiger partial charge on any atom is 0.328 e. The molecule has 4 heteroatoms. The van der Waals surface area contributed by atoms with Gasteiger partial charge in [-0.05, 0) is 35.3 Å². The van der Waals surface area contributed by atoms with Gasteiger partial charge >= 0.3 is 5.97 Å². The SMILES string of the molecule is CC(C)c1ccc(-c2ccc(/C=C/C(=O)O)c(=O)n2C)cc1. The first-order chi connectivity index (χ1) is 10.4. The summed E-state index contributed by atoms with van der Waals surface area (Å²) in [4.78, 5) is 22.8. The van der Waals surface area contributed by atoms with Gasteiger partial charge in [-0.25, -0.2) is 4.79 Å². The number of nitrogens with zero attached hydrogens (tertiary/aromatic N) is 1. The van der Waals surface area contributed by atoms with Gasteiger partial charge in [0.15, 0.2) is 0 Å². The second-order valence-corrected chi connectivity index (χ2v) is 5.49. The Morgan fingerprint density at radius 2 is 1.77 bits per heavy atom. The van der Waals surface area contributed by atoms with E-state index in [0.717, 1.165) is 17.3 Å². The van der Waals surface area contributed by atoms with E-state index >= 15 is 0 Å². The molecule has 1 aromatic carbocycles. The van der Waals surface area contributed by atoms with Crippen molar-refractivity contribution in [3.8, 4) is 11.3 Å². The van der Waals surface area contributed by atoms with Crippen molar-refractivity contribution < 1.29 is 9.90 Å². The minimum atomic E-state index is -1.07. The highest BCUT2D eigenvalue weighted by atomic mass is 16.4. The largest absolute Gasteiger partial charge is 0.478 e. The average molecular weight is 297 g/mol. The summed E-state index contributed by atoms with van der Waals surface area (Å²) in [5, 5.41) is 8.64. The molecule has 0 atom stereocenters. The zero-order valence-electron chi connectivity index (χ0n) is 12.9. The van der Waals surface area contributed by atoms with Crippen molar-refractivity contribution in [3.05, 3.63) is 64.0 Å². The Hall–Kier alpha value is -2.62. The molecular formula is C18H19NO3. The molecule has 0 aliphatic heterocycles. The number of aliphatic carboxylic acids is 1. The summed E-state index contributed by atoms with van der Waals surface area (Å²) in [5.74, 6) is -0.614. The fourth-order valence-corrected chi connectivity index (χ4v) is 2.27. The van der Waals surface area contributed by atoms with Crippen molar-refractivity contribution in [3.63, 3.8) is 0 Å². The first kappa shape index (κ1) is 15.8. The molecule has 0 radical (unpaired) electrons. The third kappa shape index (κ3) is 3.34. The van der Waals surface area contributed by atoms with Crippen molar-refractivity contribution in [2.24, 2.45) is 7.05 Å². The van der Waals surface area contributed by atoms with Crippen molar-refractivity contribution >= 4 is 12.0 Å². The number of benzene rings is 1. The molecule has 0 spiro atoms. The van der Waals surface area contributed by atoms with E-state index < -0.39 is 5.97 Å². The monoisotopic (exact) mass is 297 g/mol. The molecule has 0 saturated heterocycles. The van der Waals surface area contributed by atoms with Gasteiger partial charge in [0, 0.05) is 18.7 Å². The van der Waals surface area contributed by atoms with E-state index in [1.165, 1.54) is 16.2 Å². The zero-order valence-corrected chi connectivity index (χ0v) is 12.9. The Morgan fingerprint density at radius 1 is 1.14 bits per heavy atom. The Balaban J connectivity index is 2.43. The van der Waals surface area contributed by atoms with Gasteiger partial charge in [0.2, 0.25) is 0 Å². The van der Waals surface area contributed by atoms with Crippen molar-refractivity contribution in [1.82, 2.24) is 4.57 Å². The lowest BCUT2D eigenvalue weighted by Crippen LogP contribution is -2.20. The first-order valence-corrected chi connectivity index (χ1v) is 7.11. The van der Waals surface area contributed by atoms with Crippen LogP contribution in [-0.4, -0.2) is 15.6 Å². The van der Waals surface area contributed by atoms with E-state index in [1.807, 2.05) is 18.2 Å². The quantitative estimate of drug-likeness (QED) is 0.881. The molecule has 1 heterocycles. The molecule has 2 aromatic rings. The highest BCUT2D eigenvalue weighted by molar-refractivity contribution is 5.85. The number of rotatable bonds is 4. The lowest BCUT2D eigenvalue weighted by atomic mass is 10.0. The summed E-state index contributed by atoms with van der Waals surface area (Å²) in [6, 6.07) is 11.6. The molecule has 0 unspecified atom stereocenters. The van der Waals surface area contributed by atoms with Crippen LogP contribution < -0.4 is 5.56 Å². The van der Waals surface area contributed by atoms with E-state index in [9.17, 15) is 9.59 Å². The van der Waals surface area contributed by atoms with Gasteiger partial charge < -0.3 is 9.67 Å². The number of carboxylic acids is 1. The van der Waals surface area contributed by atoms with Crippen LogP contribution in [0.3, 0.4) is 0 Å². The molecule has 0 aliphatic rings. The molecule has 114 valence electrons. The maximum atomic E-state index is 12.3. The van der Waals surface area contributed by atoms with E-state index in [0.29, 0.717) is 11.5 Å². The predicted molar refractivity (Wildman–Crippen MR) is 87.9 cm³/mol. The summed E-state index contributed by atoms with van der Waals surface area (Å²) < 4.78 is 1.53. The summed E-state index contributed by atoms with van der Waals surface area (Å²) >= 11 is 0. The standard InChI is InChI=1S/C18H19NO3/c1-12(2)13-4-6-14(7-5-13)16-10-8-15(9-11-17(20)21)18(22)19(16)3/h4-12H,1-3H3,(H,20,21)/b11-9+. The lowest BCUT2D eigenvalue weighted by molar-refractivity contribution is -0.131. The van der Waals surface area contributed by atoms with E-state index in [2.05, 4.69) is 26.0 Å². The highest BCUT2D eigenvalue weighted by Gasteiger charge is 2.07. The number of pyridine rings is 1. The van der Waals surface area contributed by atoms with Gasteiger partial charge in [0.05, 0.1) is 5.69 Å². The van der Waals surface area contributed by atoms with Crippen LogP contribution in [0.25, 0.3) is 17.3 Å². The fraction of sp³-hybridized carbons (Fsp3) is 0.222. The third-order valence-corrected chi connectivity index (χ3v) is 3.61. The average Bonchev–Trinajstić information content (AvgIpc) is 2.49. The summed E-state index contributed by atoms with van der Waals surface area (Å²) in [6.45, 7) is 4.27. The van der Waals surface area contributed by atoms with E-state index in [-0.39, 0.29) is 5.56 Å². The molecule has 22 heavy (non-hydrogen) atoms. The van der Waals surface area contributed by atoms with Crippen LogP contribution in [0.4, 0.5) is 0 Å². The summed E-state index contributed by atoms with van der Waals surface area (Å²) in [7, 11) is 1.69. The minimum Gasteiger partial charge on any atom is -0.478 e. The zero-order chi connectivity index (χ0) is 16.3. The number of carboxylic acid groups (broad SMARTS) is 1. The molecule has 0 saturated carbocycles. The van der Waals surface area contributed by atoms with Crippen molar-refractivity contribution in [2.45, 2.75) is 19.8 Å². The normalized spacial score (nSPS) is 11.3. The first-order valence-electron chi connectivity index (χ1n) is 7.11. The van der Waals surface area contributed by atoms with Gasteiger partial charge in [0.1, 0.15) is 0 Å². The molecule has 2 rings (SSSR count). The number of hydrogen-bond donors (Lipinski definition) is 1. The Labute approximate surface area is 129 Å². The topological polar surface area (TPSA) is 59.3 Å². The van der Waals surface area contributed by atoms with Gasteiger partial charge in [0.25, 0.3) is 5.56 Å². The van der Waals surface area contributed by atoms with Gasteiger partial charge in [-0.3, -0.25) is 4.79 Å². The second-order valence-electron chi connectivity index (χ2n) is 5.49. The minimum absolute atomic E-state index is 0.220. The van der Waals surface area contributed by atoms with Gasteiger partial charge in [-0.1, -0.05) is 38.1 Å². The van der Waals surface area contributed by atoms with Crippen LogP contribution in [0.5, 0.6) is 0 Å². The summed E-state index contributed by atoms with van der Waals surface area (Å²) in [5.41, 5.74) is 3.13. The van der Waals surface area contributed by atoms with Gasteiger partial charge in [-0.15, -0.1) is 0 Å². The molecule has 1 N–H and O–H groups in total. The molecule has 4 nitrogen and oxygen atoms in total. The smallest absolute Gasteiger partial charge is 0.328 e. The van der Waals surface area contributed by atoms with Gasteiger partial charge in [-0.2, -0.15) is 0 Å². The number of aromatic nitrogens is 1. The highest BCUT2D eigenvalue weighted by Crippen LogP contribution is 2.21. The van der Waals surface area contributed by atoms with Crippen LogP contribution in [-0.2, 0) is 11.8 Å². The molecule has 0 fully saturated rings. The van der Waals surface area contributed by atoms with E-state index in [4.69, 9.17) is 5.11 Å². The van der Waals surface area contributed by atoms with Crippen LogP contribution in [0.15, 0.2) is 47.3 Å². The second kappa shape index (κ2) is 6.43. The molecule has 0 amide bonds. The van der Waals surface area contributed by atoms with Crippen LogP contribution >= 0.6 is 0 Å². The number of hydrogen-bond acceptors (Lipinski definition) is 2. The number of carbonyl (C=O) groups is 1. The van der Waals surface area contributed by atoms with Crippen LogP contribution in [0, 0.1) is 0 Å². The lowest BCUT2D eigenvalue weighted by Gasteiger charge is -2.11. The van der Waals surface area contributed by atoms with Crippen molar-refractivity contribution in [2.75, 3.05) is 0 Å².